The van der Waals surface area contributed by atoms with Crippen LogP contribution in [0.1, 0.15) is 16.1 Å². The highest BCUT2D eigenvalue weighted by Crippen LogP contribution is 2.31. The fraction of sp³-hybridized carbons (Fsp3) is 0.0625. The van der Waals surface area contributed by atoms with Crippen molar-refractivity contribution in [2.75, 3.05) is 0 Å². The maximum atomic E-state index is 10.8. The smallest absolute Gasteiger partial charge is 0.387 e. The zero-order valence-corrected chi connectivity index (χ0v) is 12.2. The van der Waals surface area contributed by atoms with Gasteiger partial charge in [-0.05, 0) is 48.9 Å². The number of hydrogen-bond donors (Lipinski definition) is 3. The summed E-state index contributed by atoms with van der Waals surface area (Å²) in [6.45, 7) is 1.88. The zero-order valence-electron chi connectivity index (χ0n) is 12.2. The van der Waals surface area contributed by atoms with Crippen LogP contribution in [0.3, 0.4) is 0 Å². The molecule has 0 amide bonds. The third-order valence-corrected chi connectivity index (χ3v) is 3.21. The third-order valence-electron chi connectivity index (χ3n) is 3.21. The summed E-state index contributed by atoms with van der Waals surface area (Å²) >= 11 is 0. The van der Waals surface area contributed by atoms with E-state index in [9.17, 15) is 9.90 Å². The topological polar surface area (TPSA) is 99.3 Å². The number of aryl methyl sites for hydroxylation is 1. The summed E-state index contributed by atoms with van der Waals surface area (Å²) in [6.07, 6.45) is 1.38. The number of carbonyl (C=O) groups is 1. The van der Waals surface area contributed by atoms with Crippen molar-refractivity contribution in [2.24, 2.45) is 0 Å². The minimum absolute atomic E-state index is 0.0723. The van der Waals surface area contributed by atoms with Crippen LogP contribution in [0.15, 0.2) is 48.7 Å². The van der Waals surface area contributed by atoms with E-state index in [0.29, 0.717) is 17.2 Å². The van der Waals surface area contributed by atoms with Gasteiger partial charge in [0, 0.05) is 0 Å². The van der Waals surface area contributed by atoms with Crippen molar-refractivity contribution in [3.8, 4) is 22.9 Å². The molecule has 0 radical (unpaired) electrons. The van der Waals surface area contributed by atoms with E-state index in [4.69, 9.17) is 9.84 Å². The lowest BCUT2D eigenvalue weighted by Crippen LogP contribution is -2.31. The van der Waals surface area contributed by atoms with Crippen molar-refractivity contribution in [3.05, 3.63) is 59.9 Å². The first-order valence-corrected chi connectivity index (χ1v) is 6.81. The number of nitrogens with zero attached hydrogens (tertiary/aromatic N) is 2. The van der Waals surface area contributed by atoms with Gasteiger partial charge in [-0.2, -0.15) is 0 Å². The van der Waals surface area contributed by atoms with Crippen LogP contribution < -0.4 is 9.42 Å². The molecule has 7 heteroatoms. The van der Waals surface area contributed by atoms with Gasteiger partial charge in [0.2, 0.25) is 0 Å². The number of aromatic carboxylic acids is 1. The lowest BCUT2D eigenvalue weighted by molar-refractivity contribution is -0.659. The van der Waals surface area contributed by atoms with Crippen LogP contribution in [0.4, 0.5) is 0 Å². The maximum absolute atomic E-state index is 10.8. The number of ether oxygens (including phenoxy) is 1. The first-order valence-electron chi connectivity index (χ1n) is 6.81. The van der Waals surface area contributed by atoms with Crippen LogP contribution in [-0.4, -0.2) is 26.5 Å². The highest BCUT2D eigenvalue weighted by atomic mass is 16.5. The quantitative estimate of drug-likeness (QED) is 0.641. The van der Waals surface area contributed by atoms with E-state index in [2.05, 4.69) is 10.3 Å². The Labute approximate surface area is 131 Å². The second-order valence-electron chi connectivity index (χ2n) is 4.97. The zero-order chi connectivity index (χ0) is 16.4. The minimum Gasteiger partial charge on any atom is -0.504 e. The van der Waals surface area contributed by atoms with E-state index < -0.39 is 5.97 Å². The monoisotopic (exact) mass is 312 g/mol. The summed E-state index contributed by atoms with van der Waals surface area (Å²) in [5.41, 5.74) is 1.57. The van der Waals surface area contributed by atoms with Crippen molar-refractivity contribution in [1.82, 2.24) is 10.3 Å². The first-order chi connectivity index (χ1) is 11.0. The number of H-pyrrole nitrogens is 1. The molecule has 23 heavy (non-hydrogen) atoms. The number of aromatic hydroxyl groups is 1. The molecule has 0 atom stereocenters. The van der Waals surface area contributed by atoms with E-state index in [1.54, 1.807) is 36.4 Å². The number of benzene rings is 2. The molecule has 3 aromatic rings. The van der Waals surface area contributed by atoms with Gasteiger partial charge in [-0.1, -0.05) is 11.3 Å². The molecule has 1 heterocycles. The molecular weight excluding hydrogens is 298 g/mol. The summed E-state index contributed by atoms with van der Waals surface area (Å²) in [5, 5.41) is 25.0. The number of carboxylic acid groups (broad SMARTS) is 1. The highest BCUT2D eigenvalue weighted by Gasteiger charge is 2.17. The maximum Gasteiger partial charge on any atom is 0.387 e. The van der Waals surface area contributed by atoms with Crippen molar-refractivity contribution < 1.29 is 24.4 Å². The number of aromatic nitrogens is 3. The van der Waals surface area contributed by atoms with Crippen molar-refractivity contribution in [3.63, 3.8) is 0 Å². The Morgan fingerprint density at radius 3 is 2.57 bits per heavy atom. The fourth-order valence-corrected chi connectivity index (χ4v) is 2.04. The number of hydrogen-bond acceptors (Lipinski definition) is 4. The van der Waals surface area contributed by atoms with Crippen LogP contribution in [0.5, 0.6) is 17.2 Å². The Hall–Kier alpha value is -3.35. The molecule has 0 bridgehead atoms. The van der Waals surface area contributed by atoms with Gasteiger partial charge in [0.1, 0.15) is 5.75 Å². The molecule has 0 fully saturated rings. The van der Waals surface area contributed by atoms with E-state index in [0.717, 1.165) is 5.56 Å². The largest absolute Gasteiger partial charge is 0.504 e. The summed E-state index contributed by atoms with van der Waals surface area (Å²) < 4.78 is 7.10. The third kappa shape index (κ3) is 3.13. The van der Waals surface area contributed by atoms with Gasteiger partial charge >= 0.3 is 11.7 Å². The molecule has 116 valence electrons. The van der Waals surface area contributed by atoms with Gasteiger partial charge < -0.3 is 14.9 Å². The summed E-state index contributed by atoms with van der Waals surface area (Å²) in [7, 11) is 0. The molecule has 0 saturated heterocycles. The lowest BCUT2D eigenvalue weighted by Gasteiger charge is -2.08. The Morgan fingerprint density at radius 2 is 1.96 bits per heavy atom. The number of aromatic amines is 1. The molecule has 1 aromatic heterocycles. The highest BCUT2D eigenvalue weighted by molar-refractivity contribution is 5.84. The number of phenolic OH excluding ortho intramolecular Hbond substituents is 1. The molecule has 0 aliphatic heterocycles. The van der Waals surface area contributed by atoms with Gasteiger partial charge in [-0.15, -0.1) is 4.68 Å². The van der Waals surface area contributed by atoms with Crippen molar-refractivity contribution >= 4 is 5.97 Å². The molecule has 0 aliphatic carbocycles. The van der Waals surface area contributed by atoms with Gasteiger partial charge in [0.15, 0.2) is 23.4 Å². The SMILES string of the molecule is Cc1ccc(Oc2ccc(-[n+]3cc(C(=O)O)n[nH]3)cc2)c(O)c1. The predicted molar refractivity (Wildman–Crippen MR) is 80.0 cm³/mol. The molecule has 2 aromatic carbocycles. The van der Waals surface area contributed by atoms with Gasteiger partial charge in [-0.3, -0.25) is 0 Å². The second-order valence-corrected chi connectivity index (χ2v) is 4.97. The van der Waals surface area contributed by atoms with Gasteiger partial charge in [0.25, 0.3) is 0 Å². The van der Waals surface area contributed by atoms with E-state index in [-0.39, 0.29) is 11.4 Å². The molecule has 0 unspecified atom stereocenters. The van der Waals surface area contributed by atoms with E-state index in [1.807, 2.05) is 13.0 Å². The Morgan fingerprint density at radius 1 is 1.22 bits per heavy atom. The fourth-order valence-electron chi connectivity index (χ4n) is 2.04. The lowest BCUT2D eigenvalue weighted by atomic mass is 10.2. The second kappa shape index (κ2) is 5.80. The molecule has 0 spiro atoms. The molecule has 3 N–H and O–H groups in total. The van der Waals surface area contributed by atoms with Gasteiger partial charge in [-0.25, -0.2) is 4.79 Å². The molecule has 3 rings (SSSR count). The number of phenols is 1. The normalized spacial score (nSPS) is 10.5. The Bertz CT molecular complexity index is 856. The number of nitrogens with one attached hydrogen (secondary N) is 1. The van der Waals surface area contributed by atoms with Crippen molar-refractivity contribution in [2.45, 2.75) is 6.92 Å². The van der Waals surface area contributed by atoms with Crippen LogP contribution in [0.2, 0.25) is 0 Å². The van der Waals surface area contributed by atoms with Crippen LogP contribution in [-0.2, 0) is 0 Å². The number of carboxylic acids is 1. The first kappa shape index (κ1) is 14.6. The Balaban J connectivity index is 1.80. The van der Waals surface area contributed by atoms with Crippen LogP contribution in [0, 0.1) is 6.92 Å². The molecular formula is C16H14N3O4+. The van der Waals surface area contributed by atoms with E-state index >= 15 is 0 Å². The molecule has 0 saturated carbocycles. The van der Waals surface area contributed by atoms with Crippen LogP contribution in [0.25, 0.3) is 5.69 Å². The van der Waals surface area contributed by atoms with E-state index in [1.165, 1.54) is 10.9 Å². The van der Waals surface area contributed by atoms with Crippen LogP contribution >= 0.6 is 0 Å². The minimum atomic E-state index is -1.10. The van der Waals surface area contributed by atoms with Crippen molar-refractivity contribution in [1.29, 1.82) is 0 Å². The average Bonchev–Trinajstić information content (AvgIpc) is 3.01. The summed E-state index contributed by atoms with van der Waals surface area (Å²) in [6, 6.07) is 12.1. The molecule has 7 nitrogen and oxygen atoms in total. The number of rotatable bonds is 4. The average molecular weight is 312 g/mol. The molecule has 0 aliphatic rings. The predicted octanol–water partition coefficient (Wildman–Crippen LogP) is 2.19. The Kier molecular flexibility index (Phi) is 3.68. The summed E-state index contributed by atoms with van der Waals surface area (Å²) in [4.78, 5) is 10.8. The standard InChI is InChI=1S/C16H13N3O4/c1-10-2-7-15(14(20)8-10)23-12-5-3-11(4-6-12)19-9-13(16(21)22)17-18-19/h2-9H,1H3,(H2,20,21,22)/p+1. The summed E-state index contributed by atoms with van der Waals surface area (Å²) in [5.74, 6) is -0.116. The van der Waals surface area contributed by atoms with Gasteiger partial charge in [0.05, 0.1) is 5.10 Å².